The Morgan fingerprint density at radius 1 is 0.311 bits per heavy atom. The molecule has 1 atom stereocenters. The Labute approximate surface area is 379 Å². The van der Waals surface area contributed by atoms with E-state index in [2.05, 4.69) is 45.1 Å². The SMILES string of the molecule is CCCCCCCC/C=C/CCCCCCCC(=O)OC[C@@H](COC(=O)CCCCCCCCCCCCCCC)OC(=O)CCCCCCC/C=C/CCCCCCCC. The molecule has 0 amide bonds. The topological polar surface area (TPSA) is 78.9 Å². The zero-order chi connectivity index (χ0) is 44.4. The first-order valence-corrected chi connectivity index (χ1v) is 26.8. The lowest BCUT2D eigenvalue weighted by Crippen LogP contribution is -2.30. The van der Waals surface area contributed by atoms with Crippen molar-refractivity contribution in [2.24, 2.45) is 0 Å². The van der Waals surface area contributed by atoms with Crippen LogP contribution in [0.25, 0.3) is 0 Å². The highest BCUT2D eigenvalue weighted by molar-refractivity contribution is 5.71. The molecule has 0 spiro atoms. The lowest BCUT2D eigenvalue weighted by Gasteiger charge is -2.18. The van der Waals surface area contributed by atoms with Gasteiger partial charge in [0.15, 0.2) is 6.10 Å². The van der Waals surface area contributed by atoms with E-state index in [0.29, 0.717) is 19.3 Å². The van der Waals surface area contributed by atoms with Crippen molar-refractivity contribution in [3.63, 3.8) is 0 Å². The van der Waals surface area contributed by atoms with Gasteiger partial charge in [-0.15, -0.1) is 0 Å². The summed E-state index contributed by atoms with van der Waals surface area (Å²) in [5, 5.41) is 0. The number of rotatable bonds is 49. The Bertz CT molecular complexity index is 989. The summed E-state index contributed by atoms with van der Waals surface area (Å²) in [5.74, 6) is -0.876. The smallest absolute Gasteiger partial charge is 0.306 e. The number of hydrogen-bond acceptors (Lipinski definition) is 6. The van der Waals surface area contributed by atoms with Crippen LogP contribution in [0, 0.1) is 0 Å². The molecular weight excluding hydrogens is 757 g/mol. The van der Waals surface area contributed by atoms with Gasteiger partial charge in [-0.05, 0) is 70.6 Å². The third-order valence-corrected chi connectivity index (χ3v) is 11.9. The van der Waals surface area contributed by atoms with Crippen molar-refractivity contribution in [2.45, 2.75) is 297 Å². The summed E-state index contributed by atoms with van der Waals surface area (Å²) in [6, 6.07) is 0. The molecular formula is C55H102O6. The zero-order valence-electron chi connectivity index (χ0n) is 40.9. The quantitative estimate of drug-likeness (QED) is 0.0262. The maximum Gasteiger partial charge on any atom is 0.306 e. The van der Waals surface area contributed by atoms with Crippen molar-refractivity contribution < 1.29 is 28.6 Å². The fourth-order valence-electron chi connectivity index (χ4n) is 7.84. The Balaban J connectivity index is 4.37. The predicted octanol–water partition coefficient (Wildman–Crippen LogP) is 17.5. The fourth-order valence-corrected chi connectivity index (χ4v) is 7.84. The molecule has 0 bridgehead atoms. The lowest BCUT2D eigenvalue weighted by atomic mass is 10.0. The van der Waals surface area contributed by atoms with E-state index in [4.69, 9.17) is 14.2 Å². The van der Waals surface area contributed by atoms with Crippen LogP contribution in [0.1, 0.15) is 290 Å². The molecule has 0 aromatic heterocycles. The maximum absolute atomic E-state index is 12.8. The Morgan fingerprint density at radius 3 is 0.820 bits per heavy atom. The molecule has 0 saturated heterocycles. The minimum absolute atomic E-state index is 0.0733. The molecule has 0 radical (unpaired) electrons. The van der Waals surface area contributed by atoms with E-state index in [1.54, 1.807) is 0 Å². The van der Waals surface area contributed by atoms with Crippen molar-refractivity contribution >= 4 is 17.9 Å². The van der Waals surface area contributed by atoms with Gasteiger partial charge in [-0.3, -0.25) is 14.4 Å². The van der Waals surface area contributed by atoms with Crippen LogP contribution >= 0.6 is 0 Å². The first kappa shape index (κ1) is 58.9. The van der Waals surface area contributed by atoms with Gasteiger partial charge in [0, 0.05) is 19.3 Å². The number of carbonyl (C=O) groups excluding carboxylic acids is 3. The summed E-state index contributed by atoms with van der Waals surface area (Å²) in [4.78, 5) is 38.0. The Kier molecular flexibility index (Phi) is 48.8. The molecule has 0 aromatic rings. The van der Waals surface area contributed by atoms with E-state index in [1.807, 2.05) is 0 Å². The third kappa shape index (κ3) is 48.8. The Hall–Kier alpha value is -2.11. The van der Waals surface area contributed by atoms with Crippen LogP contribution in [-0.2, 0) is 28.6 Å². The zero-order valence-corrected chi connectivity index (χ0v) is 40.9. The summed E-state index contributed by atoms with van der Waals surface area (Å²) in [6.45, 7) is 6.64. The molecule has 0 saturated carbocycles. The number of allylic oxidation sites excluding steroid dienone is 4. The summed E-state index contributed by atoms with van der Waals surface area (Å²) >= 11 is 0. The van der Waals surface area contributed by atoms with Gasteiger partial charge in [0.1, 0.15) is 13.2 Å². The number of hydrogen-bond donors (Lipinski definition) is 0. The van der Waals surface area contributed by atoms with Crippen LogP contribution in [0.3, 0.4) is 0 Å². The van der Waals surface area contributed by atoms with Gasteiger partial charge in [0.25, 0.3) is 0 Å². The second-order valence-corrected chi connectivity index (χ2v) is 18.1. The normalized spacial score (nSPS) is 12.1. The lowest BCUT2D eigenvalue weighted by molar-refractivity contribution is -0.167. The van der Waals surface area contributed by atoms with E-state index in [0.717, 1.165) is 70.6 Å². The standard InChI is InChI=1S/C55H102O6/c1-4-7-10-13-16-19-22-25-27-30-33-36-39-42-45-48-54(57)60-51-52(50-59-53(56)47-44-41-38-35-32-29-24-21-18-15-12-9-6-3)61-55(58)49-46-43-40-37-34-31-28-26-23-20-17-14-11-8-5-2/h25-28,52H,4-24,29-51H2,1-3H3/b27-25+,28-26+/t52-/m1/s1. The van der Waals surface area contributed by atoms with E-state index < -0.39 is 6.10 Å². The van der Waals surface area contributed by atoms with E-state index in [9.17, 15) is 14.4 Å². The minimum atomic E-state index is -0.774. The molecule has 6 heteroatoms. The van der Waals surface area contributed by atoms with Gasteiger partial charge in [-0.1, -0.05) is 225 Å². The monoisotopic (exact) mass is 859 g/mol. The highest BCUT2D eigenvalue weighted by atomic mass is 16.6. The van der Waals surface area contributed by atoms with Crippen LogP contribution in [0.2, 0.25) is 0 Å². The number of unbranched alkanes of at least 4 members (excludes halogenated alkanes) is 34. The molecule has 0 heterocycles. The van der Waals surface area contributed by atoms with Crippen LogP contribution < -0.4 is 0 Å². The van der Waals surface area contributed by atoms with E-state index >= 15 is 0 Å². The molecule has 0 aromatic carbocycles. The summed E-state index contributed by atoms with van der Waals surface area (Å²) in [5.41, 5.74) is 0. The second kappa shape index (κ2) is 50.5. The van der Waals surface area contributed by atoms with Crippen LogP contribution in [-0.4, -0.2) is 37.2 Å². The van der Waals surface area contributed by atoms with Crippen molar-refractivity contribution in [2.75, 3.05) is 13.2 Å². The van der Waals surface area contributed by atoms with Gasteiger partial charge in [0.05, 0.1) is 0 Å². The number of carbonyl (C=O) groups is 3. The average Bonchev–Trinajstić information content (AvgIpc) is 3.26. The second-order valence-electron chi connectivity index (χ2n) is 18.1. The van der Waals surface area contributed by atoms with Gasteiger partial charge in [-0.25, -0.2) is 0 Å². The Morgan fingerprint density at radius 2 is 0.541 bits per heavy atom. The molecule has 0 N–H and O–H groups in total. The van der Waals surface area contributed by atoms with Crippen molar-refractivity contribution in [1.29, 1.82) is 0 Å². The molecule has 61 heavy (non-hydrogen) atoms. The molecule has 0 rings (SSSR count). The van der Waals surface area contributed by atoms with Gasteiger partial charge in [-0.2, -0.15) is 0 Å². The van der Waals surface area contributed by atoms with Crippen molar-refractivity contribution in [1.82, 2.24) is 0 Å². The van der Waals surface area contributed by atoms with Crippen molar-refractivity contribution in [3.05, 3.63) is 24.3 Å². The first-order valence-electron chi connectivity index (χ1n) is 26.8. The third-order valence-electron chi connectivity index (χ3n) is 11.9. The van der Waals surface area contributed by atoms with E-state index in [1.165, 1.54) is 180 Å². The average molecular weight is 859 g/mol. The predicted molar refractivity (Wildman–Crippen MR) is 261 cm³/mol. The summed E-state index contributed by atoms with van der Waals surface area (Å²) < 4.78 is 16.8. The molecule has 358 valence electrons. The number of ether oxygens (including phenoxy) is 3. The molecule has 0 aliphatic heterocycles. The largest absolute Gasteiger partial charge is 0.462 e. The van der Waals surface area contributed by atoms with Crippen molar-refractivity contribution in [3.8, 4) is 0 Å². The minimum Gasteiger partial charge on any atom is -0.462 e. The van der Waals surface area contributed by atoms with Gasteiger partial charge >= 0.3 is 17.9 Å². The van der Waals surface area contributed by atoms with Gasteiger partial charge in [0.2, 0.25) is 0 Å². The van der Waals surface area contributed by atoms with Gasteiger partial charge < -0.3 is 14.2 Å². The molecule has 0 aliphatic rings. The molecule has 0 unspecified atom stereocenters. The van der Waals surface area contributed by atoms with Crippen LogP contribution in [0.4, 0.5) is 0 Å². The highest BCUT2D eigenvalue weighted by Gasteiger charge is 2.19. The first-order chi connectivity index (χ1) is 30.0. The summed E-state index contributed by atoms with van der Waals surface area (Å²) in [7, 11) is 0. The maximum atomic E-state index is 12.8. The van der Waals surface area contributed by atoms with Crippen LogP contribution in [0.15, 0.2) is 24.3 Å². The molecule has 0 fully saturated rings. The van der Waals surface area contributed by atoms with E-state index in [-0.39, 0.29) is 31.1 Å². The summed E-state index contributed by atoms with van der Waals surface area (Å²) in [6.07, 6.45) is 57.3. The fraction of sp³-hybridized carbons (Fsp3) is 0.873. The van der Waals surface area contributed by atoms with Crippen LogP contribution in [0.5, 0.6) is 0 Å². The molecule has 6 nitrogen and oxygen atoms in total. The molecule has 0 aliphatic carbocycles. The number of esters is 3. The highest BCUT2D eigenvalue weighted by Crippen LogP contribution is 2.15.